The van der Waals surface area contributed by atoms with Gasteiger partial charge in [0, 0.05) is 18.1 Å². The van der Waals surface area contributed by atoms with Crippen LogP contribution in [0.3, 0.4) is 0 Å². The van der Waals surface area contributed by atoms with E-state index in [9.17, 15) is 14.7 Å². The first-order valence-electron chi connectivity index (χ1n) is 8.54. The van der Waals surface area contributed by atoms with Crippen LogP contribution in [0.15, 0.2) is 29.8 Å². The molecular weight excluding hydrogens is 346 g/mol. The van der Waals surface area contributed by atoms with E-state index in [1.807, 2.05) is 20.8 Å². The Morgan fingerprint density at radius 2 is 1.81 bits per heavy atom. The number of carbonyl (C=O) groups excluding carboxylic acids is 2. The van der Waals surface area contributed by atoms with Crippen molar-refractivity contribution < 1.29 is 24.2 Å². The number of rotatable bonds is 3. The van der Waals surface area contributed by atoms with Crippen LogP contribution >= 0.6 is 0 Å². The van der Waals surface area contributed by atoms with Gasteiger partial charge in [-0.1, -0.05) is 12.1 Å². The van der Waals surface area contributed by atoms with E-state index in [1.54, 1.807) is 24.3 Å². The van der Waals surface area contributed by atoms with Crippen molar-refractivity contribution in [1.29, 1.82) is 0 Å². The lowest BCUT2D eigenvalue weighted by Gasteiger charge is -2.24. The molecule has 1 aliphatic rings. The summed E-state index contributed by atoms with van der Waals surface area (Å²) in [6.07, 6.45) is 1.74. The fourth-order valence-corrected chi connectivity index (χ4v) is 3.05. The van der Waals surface area contributed by atoms with E-state index in [1.165, 1.54) is 13.0 Å². The van der Waals surface area contributed by atoms with E-state index < -0.39 is 5.97 Å². The van der Waals surface area contributed by atoms with E-state index in [4.69, 9.17) is 9.47 Å². The topological polar surface area (TPSA) is 84.9 Å². The van der Waals surface area contributed by atoms with Gasteiger partial charge in [-0.2, -0.15) is 0 Å². The first-order valence-corrected chi connectivity index (χ1v) is 8.54. The van der Waals surface area contributed by atoms with E-state index in [2.05, 4.69) is 5.32 Å². The maximum atomic E-state index is 12.6. The first-order chi connectivity index (χ1) is 12.8. The molecular formula is C21H21NO5. The van der Waals surface area contributed by atoms with Crippen LogP contribution in [0, 0.1) is 20.8 Å². The van der Waals surface area contributed by atoms with Gasteiger partial charge in [0.2, 0.25) is 0 Å². The second kappa shape index (κ2) is 7.15. The Hall–Kier alpha value is -3.28. The highest BCUT2D eigenvalue weighted by Gasteiger charge is 2.25. The Labute approximate surface area is 157 Å². The molecule has 2 N–H and O–H groups in total. The third kappa shape index (κ3) is 3.51. The number of para-hydroxylation sites is 2. The van der Waals surface area contributed by atoms with Gasteiger partial charge in [-0.25, -0.2) is 0 Å². The van der Waals surface area contributed by atoms with Crippen LogP contribution in [-0.4, -0.2) is 23.6 Å². The number of benzene rings is 2. The Bertz CT molecular complexity index is 975. The number of carbonyl (C=O) groups is 2. The van der Waals surface area contributed by atoms with Crippen LogP contribution in [0.25, 0.3) is 6.08 Å². The number of hydrogen-bond acceptors (Lipinski definition) is 5. The zero-order valence-electron chi connectivity index (χ0n) is 15.7. The van der Waals surface area contributed by atoms with Crippen LogP contribution in [0.2, 0.25) is 0 Å². The molecule has 0 aromatic heterocycles. The highest BCUT2D eigenvalue weighted by atomic mass is 16.5. The van der Waals surface area contributed by atoms with Gasteiger partial charge in [0.25, 0.3) is 5.91 Å². The summed E-state index contributed by atoms with van der Waals surface area (Å²) in [4.78, 5) is 24.0. The molecule has 0 saturated heterocycles. The molecule has 2 aromatic rings. The summed E-state index contributed by atoms with van der Waals surface area (Å²) in [5, 5.41) is 12.5. The van der Waals surface area contributed by atoms with Gasteiger partial charge in [-0.05, 0) is 50.1 Å². The number of esters is 1. The average Bonchev–Trinajstić information content (AvgIpc) is 2.64. The van der Waals surface area contributed by atoms with Crippen molar-refractivity contribution >= 4 is 23.6 Å². The number of nitrogens with one attached hydrogen (secondary N) is 1. The maximum Gasteiger partial charge on any atom is 0.308 e. The van der Waals surface area contributed by atoms with Crippen molar-refractivity contribution in [3.63, 3.8) is 0 Å². The number of amides is 1. The van der Waals surface area contributed by atoms with Crippen LogP contribution in [0.1, 0.15) is 29.2 Å². The van der Waals surface area contributed by atoms with Gasteiger partial charge in [0.05, 0.1) is 11.3 Å². The number of ether oxygens (including phenoxy) is 2. The van der Waals surface area contributed by atoms with Crippen molar-refractivity contribution in [1.82, 2.24) is 0 Å². The standard InChI is InChI=1S/C21H21NO5/c1-11-12(2)20-16(13(3)19(11)27-14(4)23)9-15(10-26-20)21(25)22-17-7-5-6-8-18(17)24/h5-9,24H,10H2,1-4H3,(H,22,25). The summed E-state index contributed by atoms with van der Waals surface area (Å²) in [5.41, 5.74) is 3.87. The zero-order valence-corrected chi connectivity index (χ0v) is 15.7. The lowest BCUT2D eigenvalue weighted by atomic mass is 9.94. The quantitative estimate of drug-likeness (QED) is 0.491. The minimum atomic E-state index is -0.404. The van der Waals surface area contributed by atoms with Gasteiger partial charge >= 0.3 is 5.97 Å². The van der Waals surface area contributed by atoms with Crippen molar-refractivity contribution in [3.8, 4) is 17.2 Å². The molecule has 0 saturated carbocycles. The van der Waals surface area contributed by atoms with Crippen molar-refractivity contribution in [2.75, 3.05) is 11.9 Å². The van der Waals surface area contributed by atoms with E-state index in [0.29, 0.717) is 28.3 Å². The fourth-order valence-electron chi connectivity index (χ4n) is 3.05. The number of fused-ring (bicyclic) bond motifs is 1. The molecule has 3 rings (SSSR count). The third-order valence-corrected chi connectivity index (χ3v) is 4.61. The lowest BCUT2D eigenvalue weighted by molar-refractivity contribution is -0.132. The van der Waals surface area contributed by atoms with Crippen LogP contribution in [0.4, 0.5) is 5.69 Å². The molecule has 0 spiro atoms. The summed E-state index contributed by atoms with van der Waals surface area (Å²) in [5.74, 6) is 0.386. The van der Waals surface area contributed by atoms with Crippen molar-refractivity contribution in [2.24, 2.45) is 0 Å². The molecule has 0 radical (unpaired) electrons. The highest BCUT2D eigenvalue weighted by molar-refractivity contribution is 6.08. The highest BCUT2D eigenvalue weighted by Crippen LogP contribution is 2.41. The van der Waals surface area contributed by atoms with Gasteiger partial charge < -0.3 is 19.9 Å². The summed E-state index contributed by atoms with van der Waals surface area (Å²) < 4.78 is 11.2. The smallest absolute Gasteiger partial charge is 0.308 e. The van der Waals surface area contributed by atoms with Crippen LogP contribution in [0.5, 0.6) is 17.2 Å². The van der Waals surface area contributed by atoms with E-state index in [0.717, 1.165) is 16.7 Å². The molecule has 2 aromatic carbocycles. The molecule has 140 valence electrons. The Morgan fingerprint density at radius 1 is 1.11 bits per heavy atom. The minimum absolute atomic E-state index is 0.0108. The molecule has 6 heteroatoms. The summed E-state index contributed by atoms with van der Waals surface area (Å²) in [6.45, 7) is 7.05. The van der Waals surface area contributed by atoms with Gasteiger partial charge in [-0.15, -0.1) is 0 Å². The molecule has 1 amide bonds. The fraction of sp³-hybridized carbons (Fsp3) is 0.238. The van der Waals surface area contributed by atoms with Gasteiger partial charge in [0.15, 0.2) is 0 Å². The second-order valence-corrected chi connectivity index (χ2v) is 6.47. The monoisotopic (exact) mass is 367 g/mol. The summed E-state index contributed by atoms with van der Waals surface area (Å²) >= 11 is 0. The Balaban J connectivity index is 1.99. The predicted octanol–water partition coefficient (Wildman–Crippen LogP) is 3.66. The third-order valence-electron chi connectivity index (χ3n) is 4.61. The molecule has 0 atom stereocenters. The molecule has 27 heavy (non-hydrogen) atoms. The molecule has 0 aliphatic carbocycles. The molecule has 0 bridgehead atoms. The largest absolute Gasteiger partial charge is 0.506 e. The van der Waals surface area contributed by atoms with Crippen LogP contribution < -0.4 is 14.8 Å². The first kappa shape index (κ1) is 18.5. The number of phenolic OH excluding ortho intramolecular Hbond substituents is 1. The number of anilines is 1. The lowest BCUT2D eigenvalue weighted by Crippen LogP contribution is -2.22. The minimum Gasteiger partial charge on any atom is -0.506 e. The number of phenols is 1. The zero-order chi connectivity index (χ0) is 19.7. The summed E-state index contributed by atoms with van der Waals surface area (Å²) in [7, 11) is 0. The van der Waals surface area contributed by atoms with Gasteiger partial charge in [0.1, 0.15) is 23.9 Å². The SMILES string of the molecule is CC(=O)Oc1c(C)c(C)c2c(c1C)C=C(C(=O)Nc1ccccc1O)CO2. The molecule has 1 aliphatic heterocycles. The summed E-state index contributed by atoms with van der Waals surface area (Å²) in [6, 6.07) is 6.51. The van der Waals surface area contributed by atoms with Gasteiger partial charge in [-0.3, -0.25) is 9.59 Å². The van der Waals surface area contributed by atoms with Crippen molar-refractivity contribution in [3.05, 3.63) is 52.1 Å². The number of hydrogen-bond donors (Lipinski definition) is 2. The predicted molar refractivity (Wildman–Crippen MR) is 102 cm³/mol. The molecule has 1 heterocycles. The average molecular weight is 367 g/mol. The Morgan fingerprint density at radius 3 is 2.48 bits per heavy atom. The molecule has 6 nitrogen and oxygen atoms in total. The number of aromatic hydroxyl groups is 1. The van der Waals surface area contributed by atoms with E-state index >= 15 is 0 Å². The molecule has 0 unspecified atom stereocenters. The van der Waals surface area contributed by atoms with E-state index in [-0.39, 0.29) is 18.3 Å². The van der Waals surface area contributed by atoms with Crippen LogP contribution in [-0.2, 0) is 9.59 Å². The molecule has 0 fully saturated rings. The second-order valence-electron chi connectivity index (χ2n) is 6.47. The normalized spacial score (nSPS) is 12.5. The Kier molecular flexibility index (Phi) is 4.90. The maximum absolute atomic E-state index is 12.6. The van der Waals surface area contributed by atoms with Crippen molar-refractivity contribution in [2.45, 2.75) is 27.7 Å².